The Morgan fingerprint density at radius 2 is 2.16 bits per heavy atom. The molecule has 0 bridgehead atoms. The fourth-order valence-electron chi connectivity index (χ4n) is 3.33. The first-order chi connectivity index (χ1) is 15.2. The number of aromatic nitrogens is 4. The van der Waals surface area contributed by atoms with Gasteiger partial charge in [-0.15, -0.1) is 22.0 Å². The smallest absolute Gasteiger partial charge is 0.352 e. The summed E-state index contributed by atoms with van der Waals surface area (Å²) in [4.78, 5) is 38.8. The molecule has 4 rings (SSSR count). The number of aliphatic carboxylic acids is 1. The van der Waals surface area contributed by atoms with E-state index in [-0.39, 0.29) is 11.6 Å². The molecule has 2 amide bonds. The topological polar surface area (TPSA) is 130 Å². The normalized spacial score (nSPS) is 21.2. The molecular weight excluding hydrogens is 540 g/mol. The molecule has 32 heavy (non-hydrogen) atoms. The summed E-state index contributed by atoms with van der Waals surface area (Å²) in [5.74, 6) is -1.07. The van der Waals surface area contributed by atoms with Crippen LogP contribution in [0.3, 0.4) is 0 Å². The number of nitrogens with zero attached hydrogens (tertiary/aromatic N) is 5. The lowest BCUT2D eigenvalue weighted by atomic mass is 10.0. The van der Waals surface area contributed by atoms with Crippen LogP contribution in [0, 0.1) is 13.8 Å². The lowest BCUT2D eigenvalue weighted by Crippen LogP contribution is -2.71. The van der Waals surface area contributed by atoms with Crippen molar-refractivity contribution < 1.29 is 19.5 Å². The summed E-state index contributed by atoms with van der Waals surface area (Å²) >= 11 is 7.65. The van der Waals surface area contributed by atoms with E-state index < -0.39 is 29.3 Å². The largest absolute Gasteiger partial charge is 0.477 e. The minimum absolute atomic E-state index is 0.00216. The predicted octanol–water partition coefficient (Wildman–Crippen LogP) is 2.21. The standard InChI is InChI=1S/C18H19BrN6O4S3/c1-7-11(19)4-24(23-7)8(2)14(26)20-12-15(27)25-13(17(28)29)10(5-30-16(12)25)6-31-18-22-21-9(3)32-18/h4,8,12,16H,5-6H2,1-3H3,(H,20,26)(H,28,29)/t8-,12-,16-/m0/s1. The molecule has 2 aliphatic rings. The van der Waals surface area contributed by atoms with Crippen LogP contribution in [0.15, 0.2) is 26.3 Å². The summed E-state index contributed by atoms with van der Waals surface area (Å²) in [5, 5.41) is 25.2. The molecule has 170 valence electrons. The number of aryl methyl sites for hydroxylation is 2. The molecule has 1 saturated heterocycles. The number of carbonyl (C=O) groups excluding carboxylic acids is 2. The van der Waals surface area contributed by atoms with Gasteiger partial charge in [0.15, 0.2) is 4.34 Å². The second kappa shape index (κ2) is 9.15. The maximum absolute atomic E-state index is 12.8. The van der Waals surface area contributed by atoms with Crippen LogP contribution in [-0.2, 0) is 14.4 Å². The molecule has 0 saturated carbocycles. The van der Waals surface area contributed by atoms with Gasteiger partial charge in [0.05, 0.1) is 10.2 Å². The van der Waals surface area contributed by atoms with E-state index in [2.05, 4.69) is 36.5 Å². The van der Waals surface area contributed by atoms with Gasteiger partial charge in [-0.2, -0.15) is 5.10 Å². The van der Waals surface area contributed by atoms with Crippen molar-refractivity contribution in [3.63, 3.8) is 0 Å². The number of hydrogen-bond acceptors (Lipinski definition) is 9. The maximum atomic E-state index is 12.8. The molecule has 10 nitrogen and oxygen atoms in total. The third kappa shape index (κ3) is 4.32. The molecule has 2 aromatic rings. The molecule has 0 radical (unpaired) electrons. The zero-order chi connectivity index (χ0) is 23.2. The molecule has 14 heteroatoms. The van der Waals surface area contributed by atoms with E-state index in [1.807, 2.05) is 13.8 Å². The highest BCUT2D eigenvalue weighted by Crippen LogP contribution is 2.42. The molecule has 0 aromatic carbocycles. The number of carboxylic acid groups (broad SMARTS) is 1. The molecule has 3 atom stereocenters. The second-order valence-electron chi connectivity index (χ2n) is 7.25. The van der Waals surface area contributed by atoms with E-state index in [4.69, 9.17) is 0 Å². The summed E-state index contributed by atoms with van der Waals surface area (Å²) in [6, 6.07) is -1.39. The lowest BCUT2D eigenvalue weighted by molar-refractivity contribution is -0.151. The van der Waals surface area contributed by atoms with Crippen molar-refractivity contribution in [2.24, 2.45) is 0 Å². The highest BCUT2D eigenvalue weighted by Gasteiger charge is 2.54. The van der Waals surface area contributed by atoms with Gasteiger partial charge in [-0.1, -0.05) is 23.1 Å². The van der Waals surface area contributed by atoms with Gasteiger partial charge in [0, 0.05) is 17.7 Å². The van der Waals surface area contributed by atoms with Gasteiger partial charge < -0.3 is 10.4 Å². The average Bonchev–Trinajstić information content (AvgIpc) is 3.33. The number of amides is 2. The third-order valence-electron chi connectivity index (χ3n) is 5.06. The molecule has 2 N–H and O–H groups in total. The number of thioether (sulfide) groups is 2. The van der Waals surface area contributed by atoms with Crippen LogP contribution in [0.5, 0.6) is 0 Å². The molecule has 2 aromatic heterocycles. The molecule has 0 unspecified atom stereocenters. The van der Waals surface area contributed by atoms with Crippen LogP contribution < -0.4 is 5.32 Å². The van der Waals surface area contributed by atoms with Gasteiger partial charge >= 0.3 is 5.97 Å². The van der Waals surface area contributed by atoms with Crippen molar-refractivity contribution in [2.45, 2.75) is 42.6 Å². The molecule has 0 spiro atoms. The van der Waals surface area contributed by atoms with Crippen molar-refractivity contribution in [3.05, 3.63) is 32.6 Å². The van der Waals surface area contributed by atoms with Crippen LogP contribution in [0.1, 0.15) is 23.7 Å². The van der Waals surface area contributed by atoms with Gasteiger partial charge in [0.25, 0.3) is 5.91 Å². The van der Waals surface area contributed by atoms with Crippen molar-refractivity contribution in [3.8, 4) is 0 Å². The minimum atomic E-state index is -1.15. The van der Waals surface area contributed by atoms with Crippen LogP contribution in [0.25, 0.3) is 0 Å². The van der Waals surface area contributed by atoms with Gasteiger partial charge in [-0.3, -0.25) is 19.2 Å². The zero-order valence-corrected chi connectivity index (χ0v) is 21.3. The zero-order valence-electron chi connectivity index (χ0n) is 17.2. The summed E-state index contributed by atoms with van der Waals surface area (Å²) in [7, 11) is 0. The Kier molecular flexibility index (Phi) is 6.66. The van der Waals surface area contributed by atoms with E-state index >= 15 is 0 Å². The molecule has 0 aliphatic carbocycles. The maximum Gasteiger partial charge on any atom is 0.352 e. The van der Waals surface area contributed by atoms with Gasteiger partial charge in [0.2, 0.25) is 5.91 Å². The van der Waals surface area contributed by atoms with Crippen LogP contribution in [0.4, 0.5) is 0 Å². The number of carboxylic acids is 1. The van der Waals surface area contributed by atoms with Crippen molar-refractivity contribution >= 4 is 68.6 Å². The molecule has 1 fully saturated rings. The van der Waals surface area contributed by atoms with E-state index in [9.17, 15) is 19.5 Å². The monoisotopic (exact) mass is 558 g/mol. The van der Waals surface area contributed by atoms with Crippen molar-refractivity contribution in [2.75, 3.05) is 11.5 Å². The fraction of sp³-hybridized carbons (Fsp3) is 0.444. The Labute approximate surface area is 204 Å². The Morgan fingerprint density at radius 3 is 2.75 bits per heavy atom. The van der Waals surface area contributed by atoms with Crippen molar-refractivity contribution in [1.29, 1.82) is 0 Å². The second-order valence-corrected chi connectivity index (χ2v) is 11.6. The van der Waals surface area contributed by atoms with Gasteiger partial charge in [-0.25, -0.2) is 4.79 Å². The van der Waals surface area contributed by atoms with E-state index in [0.717, 1.165) is 19.5 Å². The SMILES string of the molecule is Cc1nnc(SCC2=C(C(=O)O)N3C(=O)[C@H](NC(=O)[C@H](C)n4cc(Br)c(C)n4)[C@@H]3SC2)s1. The Hall–Kier alpha value is -1.90. The Balaban J connectivity index is 1.45. The third-order valence-corrected chi connectivity index (χ3v) is 9.23. The highest BCUT2D eigenvalue weighted by molar-refractivity contribution is 9.10. The Morgan fingerprint density at radius 1 is 1.41 bits per heavy atom. The first-order valence-corrected chi connectivity index (χ1v) is 13.2. The first kappa shape index (κ1) is 23.3. The fourth-order valence-corrected chi connectivity index (χ4v) is 6.92. The number of carbonyl (C=O) groups is 3. The van der Waals surface area contributed by atoms with E-state index in [0.29, 0.717) is 17.1 Å². The molecular formula is C18H19BrN6O4S3. The lowest BCUT2D eigenvalue weighted by Gasteiger charge is -2.49. The number of hydrogen-bond donors (Lipinski definition) is 2. The van der Waals surface area contributed by atoms with Crippen LogP contribution in [0.2, 0.25) is 0 Å². The first-order valence-electron chi connectivity index (χ1n) is 9.52. The number of fused-ring (bicyclic) bond motifs is 1. The predicted molar refractivity (Wildman–Crippen MR) is 124 cm³/mol. The molecule has 4 heterocycles. The van der Waals surface area contributed by atoms with E-state index in [1.165, 1.54) is 44.4 Å². The number of β-lactam (4-membered cyclic amide) rings is 1. The average molecular weight is 559 g/mol. The quantitative estimate of drug-likeness (QED) is 0.387. The molecule has 2 aliphatic heterocycles. The van der Waals surface area contributed by atoms with Crippen molar-refractivity contribution in [1.82, 2.24) is 30.2 Å². The number of nitrogens with one attached hydrogen (secondary N) is 1. The summed E-state index contributed by atoms with van der Waals surface area (Å²) < 4.78 is 3.06. The number of rotatable bonds is 7. The van der Waals surface area contributed by atoms with Crippen LogP contribution >= 0.6 is 50.8 Å². The minimum Gasteiger partial charge on any atom is -0.477 e. The van der Waals surface area contributed by atoms with Gasteiger partial charge in [0.1, 0.15) is 28.2 Å². The summed E-state index contributed by atoms with van der Waals surface area (Å²) in [6.45, 7) is 5.36. The number of halogens is 1. The highest BCUT2D eigenvalue weighted by atomic mass is 79.9. The van der Waals surface area contributed by atoms with Crippen LogP contribution in [-0.4, -0.2) is 70.7 Å². The Bertz CT molecular complexity index is 1110. The summed E-state index contributed by atoms with van der Waals surface area (Å²) in [6.07, 6.45) is 1.71. The van der Waals surface area contributed by atoms with Gasteiger partial charge in [-0.05, 0) is 42.3 Å². The van der Waals surface area contributed by atoms with E-state index in [1.54, 1.807) is 13.1 Å². The summed E-state index contributed by atoms with van der Waals surface area (Å²) in [5.41, 5.74) is 1.40.